The Morgan fingerprint density at radius 1 is 1.04 bits per heavy atom. The molecule has 0 aliphatic heterocycles. The molecule has 1 N–H and O–H groups in total. The fraction of sp³-hybridized carbons (Fsp3) is 0.150. The van der Waals surface area contributed by atoms with Crippen LogP contribution in [0.25, 0.3) is 10.8 Å². The summed E-state index contributed by atoms with van der Waals surface area (Å²) in [5.41, 5.74) is 0.993. The number of hydrogen-bond donors (Lipinski definition) is 1. The van der Waals surface area contributed by atoms with Crippen LogP contribution in [0.3, 0.4) is 0 Å². The number of carbonyl (C=O) groups excluding carboxylic acids is 1. The summed E-state index contributed by atoms with van der Waals surface area (Å²) in [5, 5.41) is 11.5. The molecule has 0 radical (unpaired) electrons. The number of rotatable bonds is 5. The van der Waals surface area contributed by atoms with Crippen LogP contribution in [0.4, 0.5) is 0 Å². The Labute approximate surface area is 145 Å². The molecule has 1 atom stereocenters. The molecule has 0 saturated carbocycles. The SMILES string of the molecule is CCC(C(=O)OSc1ccc(O)cc1)c1cccc2ccccc12. The predicted molar refractivity (Wildman–Crippen MR) is 97.0 cm³/mol. The highest BCUT2D eigenvalue weighted by molar-refractivity contribution is 7.95. The number of aromatic hydroxyl groups is 1. The molecule has 0 heterocycles. The molecule has 1 unspecified atom stereocenters. The second kappa shape index (κ2) is 7.41. The molecule has 0 aliphatic rings. The van der Waals surface area contributed by atoms with Crippen molar-refractivity contribution >= 4 is 28.8 Å². The summed E-state index contributed by atoms with van der Waals surface area (Å²) in [6.45, 7) is 1.99. The van der Waals surface area contributed by atoms with E-state index in [0.29, 0.717) is 6.42 Å². The maximum atomic E-state index is 12.6. The molecule has 24 heavy (non-hydrogen) atoms. The summed E-state index contributed by atoms with van der Waals surface area (Å²) in [6.07, 6.45) is 0.670. The molecular formula is C20H18O3S. The first-order valence-electron chi connectivity index (χ1n) is 7.84. The largest absolute Gasteiger partial charge is 0.508 e. The van der Waals surface area contributed by atoms with Gasteiger partial charge in [0.2, 0.25) is 0 Å². The zero-order valence-electron chi connectivity index (χ0n) is 13.3. The average Bonchev–Trinajstić information content (AvgIpc) is 2.62. The number of phenols is 1. The van der Waals surface area contributed by atoms with Gasteiger partial charge in [0.15, 0.2) is 0 Å². The monoisotopic (exact) mass is 338 g/mol. The van der Waals surface area contributed by atoms with Gasteiger partial charge in [-0.05, 0) is 47.0 Å². The molecular weight excluding hydrogens is 320 g/mol. The zero-order valence-corrected chi connectivity index (χ0v) is 14.1. The highest BCUT2D eigenvalue weighted by Gasteiger charge is 2.22. The zero-order chi connectivity index (χ0) is 16.9. The average molecular weight is 338 g/mol. The van der Waals surface area contributed by atoms with Gasteiger partial charge < -0.3 is 9.29 Å². The van der Waals surface area contributed by atoms with Gasteiger partial charge in [0, 0.05) is 4.90 Å². The Morgan fingerprint density at radius 3 is 2.50 bits per heavy atom. The molecule has 3 nitrogen and oxygen atoms in total. The summed E-state index contributed by atoms with van der Waals surface area (Å²) in [5.74, 6) is -0.375. The Morgan fingerprint density at radius 2 is 1.75 bits per heavy atom. The van der Waals surface area contributed by atoms with E-state index in [-0.39, 0.29) is 17.6 Å². The first-order chi connectivity index (χ1) is 11.7. The van der Waals surface area contributed by atoms with Gasteiger partial charge in [-0.3, -0.25) is 4.79 Å². The van der Waals surface area contributed by atoms with Crippen LogP contribution in [-0.4, -0.2) is 11.1 Å². The highest BCUT2D eigenvalue weighted by atomic mass is 32.2. The molecule has 3 rings (SSSR count). The van der Waals surface area contributed by atoms with E-state index in [2.05, 4.69) is 0 Å². The third-order valence-corrected chi connectivity index (χ3v) is 4.66. The van der Waals surface area contributed by atoms with Crippen LogP contribution in [-0.2, 0) is 8.98 Å². The topological polar surface area (TPSA) is 46.5 Å². The predicted octanol–water partition coefficient (Wildman–Crippen LogP) is 5.29. The van der Waals surface area contributed by atoms with Gasteiger partial charge >= 0.3 is 5.97 Å². The molecule has 3 aromatic carbocycles. The standard InChI is InChI=1S/C20H18O3S/c1-2-17(19-9-5-7-14-6-3-4-8-18(14)19)20(22)23-24-16-12-10-15(21)11-13-16/h3-13,17,21H,2H2,1H3. The van der Waals surface area contributed by atoms with E-state index < -0.39 is 0 Å². The van der Waals surface area contributed by atoms with Crippen LogP contribution >= 0.6 is 12.0 Å². The van der Waals surface area contributed by atoms with E-state index in [0.717, 1.165) is 33.3 Å². The molecule has 0 amide bonds. The summed E-state index contributed by atoms with van der Waals surface area (Å²) in [4.78, 5) is 13.3. The molecule has 0 aliphatic carbocycles. The Bertz CT molecular complexity index is 838. The number of fused-ring (bicyclic) bond motifs is 1. The van der Waals surface area contributed by atoms with E-state index in [1.54, 1.807) is 24.3 Å². The molecule has 4 heteroatoms. The third kappa shape index (κ3) is 3.54. The van der Waals surface area contributed by atoms with Crippen LogP contribution in [0.1, 0.15) is 24.8 Å². The quantitative estimate of drug-likeness (QED) is 0.642. The van der Waals surface area contributed by atoms with Crippen molar-refractivity contribution in [3.8, 4) is 5.75 Å². The van der Waals surface area contributed by atoms with Crippen molar-refractivity contribution in [3.63, 3.8) is 0 Å². The fourth-order valence-corrected chi connectivity index (χ4v) is 3.26. The van der Waals surface area contributed by atoms with E-state index in [9.17, 15) is 9.90 Å². The first-order valence-corrected chi connectivity index (χ1v) is 8.58. The summed E-state index contributed by atoms with van der Waals surface area (Å²) >= 11 is 1.02. The normalized spacial score (nSPS) is 12.0. The van der Waals surface area contributed by atoms with E-state index in [4.69, 9.17) is 4.18 Å². The lowest BCUT2D eigenvalue weighted by Crippen LogP contribution is -2.13. The maximum absolute atomic E-state index is 12.6. The summed E-state index contributed by atoms with van der Waals surface area (Å²) in [6, 6.07) is 20.6. The van der Waals surface area contributed by atoms with Gasteiger partial charge in [0.25, 0.3) is 0 Å². The lowest BCUT2D eigenvalue weighted by molar-refractivity contribution is -0.134. The molecule has 122 valence electrons. The lowest BCUT2D eigenvalue weighted by Gasteiger charge is -2.16. The molecule has 0 saturated heterocycles. The van der Waals surface area contributed by atoms with E-state index in [1.807, 2.05) is 49.4 Å². The van der Waals surface area contributed by atoms with Crippen LogP contribution in [0.15, 0.2) is 71.6 Å². The Kier molecular flexibility index (Phi) is 5.06. The minimum Gasteiger partial charge on any atom is -0.508 e. The highest BCUT2D eigenvalue weighted by Crippen LogP contribution is 2.31. The Hall–Kier alpha value is -2.46. The van der Waals surface area contributed by atoms with E-state index in [1.165, 1.54) is 0 Å². The summed E-state index contributed by atoms with van der Waals surface area (Å²) < 4.78 is 5.42. The molecule has 0 bridgehead atoms. The number of hydrogen-bond acceptors (Lipinski definition) is 4. The fourth-order valence-electron chi connectivity index (χ4n) is 2.72. The van der Waals surface area contributed by atoms with Gasteiger partial charge in [-0.15, -0.1) is 0 Å². The van der Waals surface area contributed by atoms with Crippen LogP contribution in [0.2, 0.25) is 0 Å². The van der Waals surface area contributed by atoms with Gasteiger partial charge in [0.1, 0.15) is 5.75 Å². The van der Waals surface area contributed by atoms with Crippen LogP contribution in [0.5, 0.6) is 5.75 Å². The van der Waals surface area contributed by atoms with Crippen molar-refractivity contribution < 1.29 is 14.1 Å². The molecule has 0 aromatic heterocycles. The minimum absolute atomic E-state index is 0.188. The maximum Gasteiger partial charge on any atom is 0.325 e. The van der Waals surface area contributed by atoms with Gasteiger partial charge in [-0.25, -0.2) is 0 Å². The van der Waals surface area contributed by atoms with Crippen molar-refractivity contribution in [1.29, 1.82) is 0 Å². The number of benzene rings is 3. The molecule has 3 aromatic rings. The van der Waals surface area contributed by atoms with Crippen molar-refractivity contribution in [2.45, 2.75) is 24.2 Å². The van der Waals surface area contributed by atoms with Crippen LogP contribution < -0.4 is 0 Å². The second-order valence-electron chi connectivity index (χ2n) is 5.51. The third-order valence-electron chi connectivity index (χ3n) is 3.95. The van der Waals surface area contributed by atoms with Gasteiger partial charge in [-0.1, -0.05) is 49.4 Å². The second-order valence-corrected chi connectivity index (χ2v) is 6.31. The smallest absolute Gasteiger partial charge is 0.325 e. The lowest BCUT2D eigenvalue weighted by atomic mass is 9.92. The number of phenolic OH excluding ortho intramolecular Hbond substituents is 1. The van der Waals surface area contributed by atoms with Crippen molar-refractivity contribution in [2.24, 2.45) is 0 Å². The first kappa shape index (κ1) is 16.4. The van der Waals surface area contributed by atoms with Gasteiger partial charge in [0.05, 0.1) is 18.0 Å². The van der Waals surface area contributed by atoms with Gasteiger partial charge in [-0.2, -0.15) is 0 Å². The van der Waals surface area contributed by atoms with Crippen molar-refractivity contribution in [2.75, 3.05) is 0 Å². The number of carbonyl (C=O) groups is 1. The molecule has 0 spiro atoms. The minimum atomic E-state index is -0.305. The van der Waals surface area contributed by atoms with Crippen molar-refractivity contribution in [3.05, 3.63) is 72.3 Å². The molecule has 0 fully saturated rings. The van der Waals surface area contributed by atoms with Crippen LogP contribution in [0, 0.1) is 0 Å². The van der Waals surface area contributed by atoms with E-state index >= 15 is 0 Å². The van der Waals surface area contributed by atoms with Crippen molar-refractivity contribution in [1.82, 2.24) is 0 Å². The summed E-state index contributed by atoms with van der Waals surface area (Å²) in [7, 11) is 0. The Balaban J connectivity index is 1.79.